The first-order valence-corrected chi connectivity index (χ1v) is 9.53. The third-order valence-corrected chi connectivity index (χ3v) is 5.45. The summed E-state index contributed by atoms with van der Waals surface area (Å²) in [5.41, 5.74) is 0.119. The van der Waals surface area contributed by atoms with Gasteiger partial charge >= 0.3 is 5.97 Å². The summed E-state index contributed by atoms with van der Waals surface area (Å²) in [7, 11) is -2.52. The first kappa shape index (κ1) is 19.9. The van der Waals surface area contributed by atoms with Crippen molar-refractivity contribution in [3.8, 4) is 0 Å². The average molecular weight is 383 g/mol. The van der Waals surface area contributed by atoms with Gasteiger partial charge in [-0.3, -0.25) is 14.4 Å². The van der Waals surface area contributed by atoms with E-state index < -0.39 is 33.8 Å². The van der Waals surface area contributed by atoms with Crippen molar-refractivity contribution in [1.82, 2.24) is 14.9 Å². The number of methoxy groups -OCH3 is 1. The summed E-state index contributed by atoms with van der Waals surface area (Å²) < 4.78 is 31.2. The van der Waals surface area contributed by atoms with Crippen molar-refractivity contribution in [2.24, 2.45) is 0 Å². The highest BCUT2D eigenvalue weighted by molar-refractivity contribution is 7.89. The van der Waals surface area contributed by atoms with Gasteiger partial charge in [0.05, 0.1) is 18.4 Å². The Balaban J connectivity index is 2.31. The van der Waals surface area contributed by atoms with Crippen LogP contribution in [0, 0.1) is 0 Å². The van der Waals surface area contributed by atoms with Crippen molar-refractivity contribution in [1.29, 1.82) is 0 Å². The number of amides is 2. The van der Waals surface area contributed by atoms with Crippen molar-refractivity contribution in [3.05, 3.63) is 29.8 Å². The SMILES string of the molecule is CCNS(=O)(=O)c1cccc(C(=O)N2CCNC(=O)[C@H]2CC(=O)OC)c1. The van der Waals surface area contributed by atoms with Gasteiger partial charge in [0.25, 0.3) is 5.91 Å². The van der Waals surface area contributed by atoms with Crippen LogP contribution in [0.1, 0.15) is 23.7 Å². The average Bonchev–Trinajstić information content (AvgIpc) is 2.62. The molecule has 0 unspecified atom stereocenters. The molecule has 0 radical (unpaired) electrons. The Bertz CT molecular complexity index is 808. The molecular weight excluding hydrogens is 362 g/mol. The van der Waals surface area contributed by atoms with Crippen molar-refractivity contribution >= 4 is 27.8 Å². The molecule has 1 aromatic rings. The zero-order valence-corrected chi connectivity index (χ0v) is 15.3. The fourth-order valence-electron chi connectivity index (χ4n) is 2.64. The summed E-state index contributed by atoms with van der Waals surface area (Å²) in [4.78, 5) is 37.7. The predicted molar refractivity (Wildman–Crippen MR) is 91.8 cm³/mol. The second kappa shape index (κ2) is 8.28. The minimum absolute atomic E-state index is 0.0452. The number of nitrogens with zero attached hydrogens (tertiary/aromatic N) is 1. The molecule has 1 heterocycles. The molecule has 142 valence electrons. The second-order valence-electron chi connectivity index (χ2n) is 5.61. The Morgan fingerprint density at radius 1 is 1.38 bits per heavy atom. The summed E-state index contributed by atoms with van der Waals surface area (Å²) in [6.45, 7) is 2.32. The predicted octanol–water partition coefficient (Wildman–Crippen LogP) is -0.511. The molecule has 1 fully saturated rings. The number of esters is 1. The molecule has 0 saturated carbocycles. The number of piperazine rings is 1. The number of hydrogen-bond acceptors (Lipinski definition) is 6. The highest BCUT2D eigenvalue weighted by atomic mass is 32.2. The number of rotatable bonds is 6. The minimum atomic E-state index is -3.72. The lowest BCUT2D eigenvalue weighted by Gasteiger charge is -2.34. The third kappa shape index (κ3) is 4.38. The number of hydrogen-bond donors (Lipinski definition) is 2. The van der Waals surface area contributed by atoms with Crippen LogP contribution in [0.3, 0.4) is 0 Å². The summed E-state index contributed by atoms with van der Waals surface area (Å²) in [6.07, 6.45) is -0.274. The van der Waals surface area contributed by atoms with Crippen molar-refractivity contribution in [2.45, 2.75) is 24.3 Å². The topological polar surface area (TPSA) is 122 Å². The van der Waals surface area contributed by atoms with Crippen LogP contribution >= 0.6 is 0 Å². The molecule has 1 aliphatic heterocycles. The second-order valence-corrected chi connectivity index (χ2v) is 7.38. The van der Waals surface area contributed by atoms with Gasteiger partial charge in [0.15, 0.2) is 0 Å². The van der Waals surface area contributed by atoms with Crippen LogP contribution in [0.25, 0.3) is 0 Å². The molecule has 0 bridgehead atoms. The molecule has 9 nitrogen and oxygen atoms in total. The van der Waals surface area contributed by atoms with Crippen LogP contribution < -0.4 is 10.0 Å². The quantitative estimate of drug-likeness (QED) is 0.638. The van der Waals surface area contributed by atoms with E-state index in [-0.39, 0.29) is 36.5 Å². The fourth-order valence-corrected chi connectivity index (χ4v) is 3.72. The van der Waals surface area contributed by atoms with Crippen LogP contribution in [-0.4, -0.2) is 63.9 Å². The van der Waals surface area contributed by atoms with Gasteiger partial charge in [-0.1, -0.05) is 13.0 Å². The molecular formula is C16H21N3O6S. The van der Waals surface area contributed by atoms with E-state index in [2.05, 4.69) is 14.8 Å². The number of nitrogens with one attached hydrogen (secondary N) is 2. The smallest absolute Gasteiger partial charge is 0.308 e. The van der Waals surface area contributed by atoms with Gasteiger partial charge in [-0.15, -0.1) is 0 Å². The van der Waals surface area contributed by atoms with Gasteiger partial charge in [-0.25, -0.2) is 13.1 Å². The third-order valence-electron chi connectivity index (χ3n) is 3.91. The Morgan fingerprint density at radius 3 is 2.77 bits per heavy atom. The standard InChI is InChI=1S/C16H21N3O6S/c1-3-18-26(23,24)12-6-4-5-11(9-12)16(22)19-8-7-17-15(21)13(19)10-14(20)25-2/h4-6,9,13,18H,3,7-8,10H2,1-2H3,(H,17,21)/t13-/m1/s1. The first-order chi connectivity index (χ1) is 12.3. The lowest BCUT2D eigenvalue weighted by molar-refractivity contribution is -0.145. The lowest BCUT2D eigenvalue weighted by atomic mass is 10.1. The van der Waals surface area contributed by atoms with E-state index in [0.717, 1.165) is 0 Å². The summed E-state index contributed by atoms with van der Waals surface area (Å²) in [5.74, 6) is -1.60. The number of sulfonamides is 1. The zero-order chi connectivity index (χ0) is 19.3. The van der Waals surface area contributed by atoms with Gasteiger partial charge < -0.3 is 15.0 Å². The van der Waals surface area contributed by atoms with Gasteiger partial charge in [0, 0.05) is 25.2 Å². The number of ether oxygens (including phenoxy) is 1. The largest absolute Gasteiger partial charge is 0.469 e. The lowest BCUT2D eigenvalue weighted by Crippen LogP contribution is -2.57. The summed E-state index contributed by atoms with van der Waals surface area (Å²) >= 11 is 0. The minimum Gasteiger partial charge on any atom is -0.469 e. The molecule has 0 aliphatic carbocycles. The molecule has 2 amide bonds. The van der Waals surface area contributed by atoms with Crippen molar-refractivity contribution in [2.75, 3.05) is 26.7 Å². The highest BCUT2D eigenvalue weighted by Crippen LogP contribution is 2.17. The zero-order valence-electron chi connectivity index (χ0n) is 14.5. The normalized spacial score (nSPS) is 17.5. The maximum absolute atomic E-state index is 12.8. The van der Waals surface area contributed by atoms with Crippen LogP contribution in [-0.2, 0) is 24.3 Å². The van der Waals surface area contributed by atoms with E-state index in [1.165, 1.54) is 36.3 Å². The molecule has 26 heavy (non-hydrogen) atoms. The van der Waals surface area contributed by atoms with Crippen LogP contribution in [0.4, 0.5) is 0 Å². The molecule has 2 N–H and O–H groups in total. The van der Waals surface area contributed by atoms with E-state index in [0.29, 0.717) is 0 Å². The molecule has 1 aliphatic rings. The van der Waals surface area contributed by atoms with Crippen molar-refractivity contribution < 1.29 is 27.5 Å². The van der Waals surface area contributed by atoms with Gasteiger partial charge in [-0.05, 0) is 18.2 Å². The molecule has 2 rings (SSSR count). The first-order valence-electron chi connectivity index (χ1n) is 8.05. The number of benzene rings is 1. The van der Waals surface area contributed by atoms with E-state index in [9.17, 15) is 22.8 Å². The number of carbonyl (C=O) groups excluding carboxylic acids is 3. The van der Waals surface area contributed by atoms with Crippen LogP contribution in [0.15, 0.2) is 29.2 Å². The van der Waals surface area contributed by atoms with Crippen LogP contribution in [0.2, 0.25) is 0 Å². The molecule has 1 aromatic carbocycles. The van der Waals surface area contributed by atoms with Gasteiger partial charge in [0.1, 0.15) is 6.04 Å². The molecule has 10 heteroatoms. The van der Waals surface area contributed by atoms with Crippen molar-refractivity contribution in [3.63, 3.8) is 0 Å². The fraction of sp³-hybridized carbons (Fsp3) is 0.438. The highest BCUT2D eigenvalue weighted by Gasteiger charge is 2.35. The van der Waals surface area contributed by atoms with E-state index in [1.807, 2.05) is 0 Å². The summed E-state index contributed by atoms with van der Waals surface area (Å²) in [5, 5.41) is 2.60. The monoisotopic (exact) mass is 383 g/mol. The molecule has 0 spiro atoms. The Labute approximate surface area is 151 Å². The Kier molecular flexibility index (Phi) is 6.32. The Morgan fingerprint density at radius 2 is 2.12 bits per heavy atom. The molecule has 0 aromatic heterocycles. The van der Waals surface area contributed by atoms with Gasteiger partial charge in [0.2, 0.25) is 15.9 Å². The van der Waals surface area contributed by atoms with Gasteiger partial charge in [-0.2, -0.15) is 0 Å². The molecule has 1 saturated heterocycles. The Hall–Kier alpha value is -2.46. The van der Waals surface area contributed by atoms with Crippen LogP contribution in [0.5, 0.6) is 0 Å². The molecule has 1 atom stereocenters. The number of carbonyl (C=O) groups is 3. The summed E-state index contributed by atoms with van der Waals surface area (Å²) in [6, 6.07) is 4.55. The van der Waals surface area contributed by atoms with E-state index >= 15 is 0 Å². The maximum Gasteiger partial charge on any atom is 0.308 e. The maximum atomic E-state index is 12.8. The van der Waals surface area contributed by atoms with E-state index in [1.54, 1.807) is 6.92 Å². The van der Waals surface area contributed by atoms with E-state index in [4.69, 9.17) is 0 Å².